The molecule has 3 heteroatoms. The number of carbonyl (C=O) groups is 1. The number of nitrogens with zero attached hydrogens (tertiary/aromatic N) is 2. The fourth-order valence-corrected chi connectivity index (χ4v) is 1.71. The van der Waals surface area contributed by atoms with E-state index in [9.17, 15) is 4.79 Å². The Balaban J connectivity index is 2.45. The number of rotatable bonds is 1. The molecule has 0 radical (unpaired) electrons. The third-order valence-electron chi connectivity index (χ3n) is 2.64. The number of amides is 1. The number of likely N-dealkylation sites (N-methyl/N-ethyl adjacent to an activating group) is 2. The first-order chi connectivity index (χ1) is 5.61. The lowest BCUT2D eigenvalue weighted by Crippen LogP contribution is -2.46. The molecule has 1 amide bonds. The van der Waals surface area contributed by atoms with Gasteiger partial charge < -0.3 is 9.80 Å². The van der Waals surface area contributed by atoms with Crippen molar-refractivity contribution in [3.8, 4) is 0 Å². The van der Waals surface area contributed by atoms with Crippen molar-refractivity contribution in [2.75, 3.05) is 27.2 Å². The van der Waals surface area contributed by atoms with E-state index in [1.165, 1.54) is 13.0 Å². The Kier molecular flexibility index (Phi) is 3.09. The molecule has 70 valence electrons. The van der Waals surface area contributed by atoms with Gasteiger partial charge in [0.25, 0.3) is 0 Å². The lowest BCUT2D eigenvalue weighted by Gasteiger charge is -2.35. The molecule has 1 aliphatic rings. The summed E-state index contributed by atoms with van der Waals surface area (Å²) in [4.78, 5) is 15.2. The van der Waals surface area contributed by atoms with Crippen LogP contribution < -0.4 is 0 Å². The molecule has 1 atom stereocenters. The van der Waals surface area contributed by atoms with Gasteiger partial charge in [0.1, 0.15) is 0 Å². The molecule has 0 aromatic carbocycles. The number of carbonyl (C=O) groups excluding carboxylic acids is 1. The van der Waals surface area contributed by atoms with Gasteiger partial charge in [-0.05, 0) is 26.4 Å². The molecule has 0 N–H and O–H groups in total. The van der Waals surface area contributed by atoms with Gasteiger partial charge in [0.05, 0.1) is 0 Å². The molecule has 0 aromatic heterocycles. The molecule has 0 bridgehead atoms. The van der Waals surface area contributed by atoms with Crippen LogP contribution in [-0.2, 0) is 4.79 Å². The van der Waals surface area contributed by atoms with E-state index in [1.807, 2.05) is 11.9 Å². The van der Waals surface area contributed by atoms with Gasteiger partial charge in [-0.2, -0.15) is 0 Å². The number of likely N-dealkylation sites (tertiary alicyclic amines) is 1. The van der Waals surface area contributed by atoms with Crippen molar-refractivity contribution in [1.29, 1.82) is 0 Å². The van der Waals surface area contributed by atoms with Crippen LogP contribution in [0.15, 0.2) is 0 Å². The Labute approximate surface area is 74.3 Å². The maximum absolute atomic E-state index is 11.1. The van der Waals surface area contributed by atoms with Crippen LogP contribution in [-0.4, -0.2) is 48.9 Å². The van der Waals surface area contributed by atoms with E-state index >= 15 is 0 Å². The van der Waals surface area contributed by atoms with Crippen LogP contribution >= 0.6 is 0 Å². The van der Waals surface area contributed by atoms with Gasteiger partial charge >= 0.3 is 0 Å². The molecule has 0 saturated carbocycles. The van der Waals surface area contributed by atoms with Gasteiger partial charge in [-0.1, -0.05) is 0 Å². The minimum atomic E-state index is 0.176. The quantitative estimate of drug-likeness (QED) is 0.574. The second-order valence-corrected chi connectivity index (χ2v) is 3.69. The Morgan fingerprint density at radius 1 is 1.58 bits per heavy atom. The molecular weight excluding hydrogens is 152 g/mol. The molecule has 1 saturated heterocycles. The lowest BCUT2D eigenvalue weighted by molar-refractivity contribution is -0.130. The summed E-state index contributed by atoms with van der Waals surface area (Å²) >= 11 is 0. The lowest BCUT2D eigenvalue weighted by atomic mass is 10.1. The third kappa shape index (κ3) is 2.21. The van der Waals surface area contributed by atoms with Gasteiger partial charge in [0.15, 0.2) is 0 Å². The van der Waals surface area contributed by atoms with E-state index in [0.717, 1.165) is 13.0 Å². The van der Waals surface area contributed by atoms with E-state index in [1.54, 1.807) is 6.92 Å². The highest BCUT2D eigenvalue weighted by Crippen LogP contribution is 2.12. The fourth-order valence-electron chi connectivity index (χ4n) is 1.71. The van der Waals surface area contributed by atoms with E-state index in [-0.39, 0.29) is 5.91 Å². The van der Waals surface area contributed by atoms with Crippen molar-refractivity contribution >= 4 is 5.91 Å². The summed E-state index contributed by atoms with van der Waals surface area (Å²) in [6, 6.07) is 0.432. The highest BCUT2D eigenvalue weighted by Gasteiger charge is 2.21. The minimum absolute atomic E-state index is 0.176. The molecular formula is C9H18N2O. The molecule has 1 heterocycles. The number of hydrogen-bond acceptors (Lipinski definition) is 2. The maximum Gasteiger partial charge on any atom is 0.219 e. The van der Waals surface area contributed by atoms with Crippen molar-refractivity contribution in [2.24, 2.45) is 0 Å². The van der Waals surface area contributed by atoms with Crippen molar-refractivity contribution < 1.29 is 4.79 Å². The summed E-state index contributed by atoms with van der Waals surface area (Å²) in [7, 11) is 4.01. The van der Waals surface area contributed by atoms with Gasteiger partial charge in [-0.25, -0.2) is 0 Å². The van der Waals surface area contributed by atoms with Crippen LogP contribution in [0.5, 0.6) is 0 Å². The van der Waals surface area contributed by atoms with Crippen LogP contribution in [0.1, 0.15) is 19.8 Å². The van der Waals surface area contributed by atoms with Crippen LogP contribution in [0.4, 0.5) is 0 Å². The van der Waals surface area contributed by atoms with Gasteiger partial charge in [0.2, 0.25) is 5.91 Å². The molecule has 1 unspecified atom stereocenters. The molecule has 3 nitrogen and oxygen atoms in total. The summed E-state index contributed by atoms with van der Waals surface area (Å²) in [5.41, 5.74) is 0. The fraction of sp³-hybridized carbons (Fsp3) is 0.889. The molecule has 12 heavy (non-hydrogen) atoms. The van der Waals surface area contributed by atoms with Crippen molar-refractivity contribution in [2.45, 2.75) is 25.8 Å². The zero-order valence-electron chi connectivity index (χ0n) is 8.21. The van der Waals surface area contributed by atoms with E-state index in [2.05, 4.69) is 11.9 Å². The van der Waals surface area contributed by atoms with Gasteiger partial charge in [-0.15, -0.1) is 0 Å². The Morgan fingerprint density at radius 3 is 2.75 bits per heavy atom. The van der Waals surface area contributed by atoms with Crippen LogP contribution in [0.25, 0.3) is 0 Å². The highest BCUT2D eigenvalue weighted by atomic mass is 16.2. The second-order valence-electron chi connectivity index (χ2n) is 3.69. The van der Waals surface area contributed by atoms with Crippen molar-refractivity contribution in [3.63, 3.8) is 0 Å². The first-order valence-electron chi connectivity index (χ1n) is 4.53. The zero-order valence-corrected chi connectivity index (χ0v) is 8.21. The number of piperidine rings is 1. The molecule has 0 aliphatic carbocycles. The van der Waals surface area contributed by atoms with Gasteiger partial charge in [0, 0.05) is 26.6 Å². The predicted octanol–water partition coefficient (Wildman–Crippen LogP) is 0.559. The topological polar surface area (TPSA) is 23.6 Å². The van der Waals surface area contributed by atoms with Crippen LogP contribution in [0, 0.1) is 0 Å². The summed E-state index contributed by atoms with van der Waals surface area (Å²) in [5, 5.41) is 0. The Morgan fingerprint density at radius 2 is 2.25 bits per heavy atom. The molecule has 1 fully saturated rings. The summed E-state index contributed by atoms with van der Waals surface area (Å²) in [5.74, 6) is 0.176. The monoisotopic (exact) mass is 170 g/mol. The Bertz CT molecular complexity index is 170. The van der Waals surface area contributed by atoms with Crippen LogP contribution in [0.2, 0.25) is 0 Å². The van der Waals surface area contributed by atoms with Crippen molar-refractivity contribution in [1.82, 2.24) is 9.80 Å². The second kappa shape index (κ2) is 3.90. The normalized spacial score (nSPS) is 25.4. The van der Waals surface area contributed by atoms with Crippen LogP contribution in [0.3, 0.4) is 0 Å². The minimum Gasteiger partial charge on any atom is -0.342 e. The number of hydrogen-bond donors (Lipinski definition) is 0. The van der Waals surface area contributed by atoms with E-state index < -0.39 is 0 Å². The average molecular weight is 170 g/mol. The zero-order chi connectivity index (χ0) is 9.14. The molecule has 0 aromatic rings. The molecule has 1 aliphatic heterocycles. The standard InChI is InChI=1S/C9H18N2O/c1-8(12)11(3)9-5-4-6-10(2)7-9/h9H,4-7H2,1-3H3. The maximum atomic E-state index is 11.1. The predicted molar refractivity (Wildman–Crippen MR) is 49.0 cm³/mol. The molecule has 0 spiro atoms. The van der Waals surface area contributed by atoms with E-state index in [0.29, 0.717) is 6.04 Å². The highest BCUT2D eigenvalue weighted by molar-refractivity contribution is 5.73. The first-order valence-corrected chi connectivity index (χ1v) is 4.53. The SMILES string of the molecule is CC(=O)N(C)C1CCCN(C)C1. The average Bonchev–Trinajstić information content (AvgIpc) is 2.03. The summed E-state index contributed by atoms with van der Waals surface area (Å²) < 4.78 is 0. The largest absolute Gasteiger partial charge is 0.342 e. The smallest absolute Gasteiger partial charge is 0.219 e. The van der Waals surface area contributed by atoms with Crippen molar-refractivity contribution in [3.05, 3.63) is 0 Å². The first kappa shape index (κ1) is 9.52. The third-order valence-corrected chi connectivity index (χ3v) is 2.64. The van der Waals surface area contributed by atoms with E-state index in [4.69, 9.17) is 0 Å². The van der Waals surface area contributed by atoms with Gasteiger partial charge in [-0.3, -0.25) is 4.79 Å². The Hall–Kier alpha value is -0.570. The molecule has 1 rings (SSSR count). The summed E-state index contributed by atoms with van der Waals surface area (Å²) in [6.07, 6.45) is 2.36. The summed E-state index contributed by atoms with van der Waals surface area (Å²) in [6.45, 7) is 3.83.